The molecule has 3 aliphatic heterocycles. The zero-order valence-corrected chi connectivity index (χ0v) is 19.5. The highest BCUT2D eigenvalue weighted by atomic mass is 19.1. The van der Waals surface area contributed by atoms with Gasteiger partial charge < -0.3 is 24.6 Å². The molecule has 1 aromatic carbocycles. The van der Waals surface area contributed by atoms with Gasteiger partial charge in [0.25, 0.3) is 11.8 Å². The van der Waals surface area contributed by atoms with Crippen LogP contribution < -0.4 is 10.7 Å². The van der Waals surface area contributed by atoms with Crippen LogP contribution >= 0.6 is 0 Å². The highest BCUT2D eigenvalue weighted by Gasteiger charge is 2.55. The van der Waals surface area contributed by atoms with Gasteiger partial charge in [0.1, 0.15) is 23.3 Å². The minimum Gasteiger partial charge on any atom is -0.503 e. The Bertz CT molecular complexity index is 1340. The fraction of sp³-hybridized carbons (Fsp3) is 0.400. The predicted molar refractivity (Wildman–Crippen MR) is 121 cm³/mol. The van der Waals surface area contributed by atoms with Gasteiger partial charge in [0.2, 0.25) is 5.43 Å². The van der Waals surface area contributed by atoms with E-state index in [0.29, 0.717) is 17.7 Å². The molecule has 2 aromatic rings. The summed E-state index contributed by atoms with van der Waals surface area (Å²) < 4.78 is 35.9. The van der Waals surface area contributed by atoms with Gasteiger partial charge in [-0.2, -0.15) is 0 Å². The van der Waals surface area contributed by atoms with Crippen molar-refractivity contribution in [2.45, 2.75) is 50.9 Å². The van der Waals surface area contributed by atoms with Crippen LogP contribution in [0.25, 0.3) is 0 Å². The summed E-state index contributed by atoms with van der Waals surface area (Å²) >= 11 is 0. The highest BCUT2D eigenvalue weighted by molar-refractivity contribution is 6.01. The summed E-state index contributed by atoms with van der Waals surface area (Å²) in [5, 5.41) is 13.3. The van der Waals surface area contributed by atoms with Crippen LogP contribution in [-0.2, 0) is 23.2 Å². The molecular formula is C25H25F2N3O5. The standard InChI is InChI=1S/C25H25F2N3O5/c1-12-8-15(26)14(16(27)9-12)10-28-23(33)19-17-6-7-25-11-29(13(2)4-5-18(25)35-3)24(34)20(30(17)25)22(32)21(19)31/h4-5,8-9,13,18,32H,6-7,10-11H2,1-3H3,(H,28,33)/t13-,18-,25+/m0/s1. The second-order valence-electron chi connectivity index (χ2n) is 9.39. The quantitative estimate of drug-likeness (QED) is 0.647. The number of carbonyl (C=O) groups is 2. The number of aromatic hydroxyl groups is 1. The van der Waals surface area contributed by atoms with Crippen LogP contribution in [0.1, 0.15) is 51.0 Å². The van der Waals surface area contributed by atoms with E-state index in [-0.39, 0.29) is 35.8 Å². The number of pyridine rings is 1. The molecule has 0 saturated carbocycles. The van der Waals surface area contributed by atoms with Crippen LogP contribution in [0.3, 0.4) is 0 Å². The number of nitrogens with one attached hydrogen (secondary N) is 1. The SMILES string of the molecule is CO[C@H]1C=C[C@H](C)N2C[C@]13CCc1c(C(=O)NCc4c(F)cc(C)cc4F)c(=O)c(O)c(n13)C2=O. The van der Waals surface area contributed by atoms with Crippen LogP contribution in [0, 0.1) is 18.6 Å². The Kier molecular flexibility index (Phi) is 5.32. The molecule has 10 heteroatoms. The Labute approximate surface area is 199 Å². The number of hydrogen-bond donors (Lipinski definition) is 2. The summed E-state index contributed by atoms with van der Waals surface area (Å²) in [5.74, 6) is -3.85. The third kappa shape index (κ3) is 3.23. The van der Waals surface area contributed by atoms with Gasteiger partial charge in [0.05, 0.1) is 5.54 Å². The van der Waals surface area contributed by atoms with E-state index in [9.17, 15) is 28.3 Å². The smallest absolute Gasteiger partial charge is 0.275 e. The van der Waals surface area contributed by atoms with E-state index in [1.54, 1.807) is 23.5 Å². The lowest BCUT2D eigenvalue weighted by Gasteiger charge is -2.46. The summed E-state index contributed by atoms with van der Waals surface area (Å²) in [4.78, 5) is 41.2. The van der Waals surface area contributed by atoms with Gasteiger partial charge in [-0.05, 0) is 44.4 Å². The summed E-state index contributed by atoms with van der Waals surface area (Å²) in [6, 6.07) is 2.02. The highest BCUT2D eigenvalue weighted by Crippen LogP contribution is 2.46. The van der Waals surface area contributed by atoms with Crippen molar-refractivity contribution < 1.29 is 28.2 Å². The Morgan fingerprint density at radius 3 is 2.60 bits per heavy atom. The Balaban J connectivity index is 1.62. The average Bonchev–Trinajstić information content (AvgIpc) is 3.11. The molecule has 2 N–H and O–H groups in total. The molecule has 1 aromatic heterocycles. The van der Waals surface area contributed by atoms with Crippen LogP contribution in [0.15, 0.2) is 29.1 Å². The molecule has 3 aliphatic rings. The van der Waals surface area contributed by atoms with Gasteiger partial charge in [0.15, 0.2) is 11.4 Å². The van der Waals surface area contributed by atoms with Crippen molar-refractivity contribution in [2.75, 3.05) is 13.7 Å². The number of hydrogen-bond acceptors (Lipinski definition) is 5. The molecule has 0 aliphatic carbocycles. The lowest BCUT2D eigenvalue weighted by molar-refractivity contribution is -0.00156. The maximum Gasteiger partial charge on any atom is 0.275 e. The van der Waals surface area contributed by atoms with Gasteiger partial charge in [-0.25, -0.2) is 8.78 Å². The number of methoxy groups -OCH3 is 1. The van der Waals surface area contributed by atoms with Crippen molar-refractivity contribution in [3.63, 3.8) is 0 Å². The van der Waals surface area contributed by atoms with Crippen LogP contribution in [0.5, 0.6) is 5.75 Å². The number of fused-ring (bicyclic) bond motifs is 1. The third-order valence-corrected chi connectivity index (χ3v) is 7.37. The van der Waals surface area contributed by atoms with Crippen molar-refractivity contribution in [1.29, 1.82) is 0 Å². The normalized spacial score (nSPS) is 24.4. The number of carbonyl (C=O) groups excluding carboxylic acids is 2. The summed E-state index contributed by atoms with van der Waals surface area (Å²) in [6.07, 6.45) is 3.97. The third-order valence-electron chi connectivity index (χ3n) is 7.37. The molecular weight excluding hydrogens is 460 g/mol. The van der Waals surface area contributed by atoms with Gasteiger partial charge >= 0.3 is 0 Å². The van der Waals surface area contributed by atoms with E-state index in [1.165, 1.54) is 0 Å². The Morgan fingerprint density at radius 1 is 1.26 bits per heavy atom. The first-order valence-corrected chi connectivity index (χ1v) is 11.4. The largest absolute Gasteiger partial charge is 0.503 e. The molecule has 0 unspecified atom stereocenters. The molecule has 184 valence electrons. The van der Waals surface area contributed by atoms with Crippen LogP contribution in [0.4, 0.5) is 8.78 Å². The van der Waals surface area contributed by atoms with E-state index >= 15 is 0 Å². The fourth-order valence-corrected chi connectivity index (χ4v) is 5.65. The lowest BCUT2D eigenvalue weighted by Crippen LogP contribution is -2.59. The van der Waals surface area contributed by atoms with E-state index in [0.717, 1.165) is 12.1 Å². The minimum absolute atomic E-state index is 0.168. The zero-order valence-electron chi connectivity index (χ0n) is 19.5. The van der Waals surface area contributed by atoms with Gasteiger partial charge in [-0.1, -0.05) is 12.2 Å². The molecule has 8 nitrogen and oxygen atoms in total. The fourth-order valence-electron chi connectivity index (χ4n) is 5.65. The first-order valence-electron chi connectivity index (χ1n) is 11.4. The first kappa shape index (κ1) is 23.2. The summed E-state index contributed by atoms with van der Waals surface area (Å²) in [7, 11) is 1.54. The van der Waals surface area contributed by atoms with E-state index in [4.69, 9.17) is 4.74 Å². The number of amides is 2. The van der Waals surface area contributed by atoms with Crippen LogP contribution in [-0.4, -0.2) is 52.2 Å². The number of benzene rings is 1. The first-order chi connectivity index (χ1) is 16.6. The number of aromatic nitrogens is 1. The molecule has 35 heavy (non-hydrogen) atoms. The van der Waals surface area contributed by atoms with Crippen molar-refractivity contribution in [3.05, 3.63) is 74.2 Å². The maximum absolute atomic E-state index is 14.3. The van der Waals surface area contributed by atoms with Crippen molar-refractivity contribution in [2.24, 2.45) is 0 Å². The van der Waals surface area contributed by atoms with E-state index in [1.807, 2.05) is 19.1 Å². The van der Waals surface area contributed by atoms with Gasteiger partial charge in [-0.3, -0.25) is 14.4 Å². The van der Waals surface area contributed by atoms with Crippen molar-refractivity contribution in [3.8, 4) is 5.75 Å². The second-order valence-corrected chi connectivity index (χ2v) is 9.39. The average molecular weight is 485 g/mol. The number of rotatable bonds is 4. The monoisotopic (exact) mass is 485 g/mol. The minimum atomic E-state index is -0.992. The molecule has 0 radical (unpaired) electrons. The van der Waals surface area contributed by atoms with Gasteiger partial charge in [-0.15, -0.1) is 0 Å². The molecule has 4 heterocycles. The number of ether oxygens (including phenoxy) is 1. The zero-order chi connectivity index (χ0) is 25.2. The predicted octanol–water partition coefficient (Wildman–Crippen LogP) is 2.14. The van der Waals surface area contributed by atoms with E-state index < -0.39 is 52.8 Å². The Morgan fingerprint density at radius 2 is 1.94 bits per heavy atom. The number of aryl methyl sites for hydroxylation is 1. The van der Waals surface area contributed by atoms with Crippen molar-refractivity contribution >= 4 is 11.8 Å². The molecule has 2 amide bonds. The molecule has 0 fully saturated rings. The summed E-state index contributed by atoms with van der Waals surface area (Å²) in [5.41, 5.74) is -1.97. The Hall–Kier alpha value is -3.53. The molecule has 2 bridgehead atoms. The second kappa shape index (κ2) is 8.01. The molecule has 5 rings (SSSR count). The van der Waals surface area contributed by atoms with Crippen LogP contribution in [0.2, 0.25) is 0 Å². The van der Waals surface area contributed by atoms with Crippen molar-refractivity contribution in [1.82, 2.24) is 14.8 Å². The lowest BCUT2D eigenvalue weighted by atomic mass is 9.87. The molecule has 1 spiro atoms. The van der Waals surface area contributed by atoms with Gasteiger partial charge in [0, 0.05) is 37.5 Å². The topological polar surface area (TPSA) is 101 Å². The molecule has 0 saturated heterocycles. The molecule has 3 atom stereocenters. The van der Waals surface area contributed by atoms with E-state index in [2.05, 4.69) is 5.32 Å². The number of halogens is 2. The summed E-state index contributed by atoms with van der Waals surface area (Å²) in [6.45, 7) is 3.17. The maximum atomic E-state index is 14.3. The number of nitrogens with zero attached hydrogens (tertiary/aromatic N) is 2.